The number of benzene rings is 6. The van der Waals surface area contributed by atoms with Crippen LogP contribution in [-0.4, -0.2) is 32.1 Å². The summed E-state index contributed by atoms with van der Waals surface area (Å²) < 4.78 is 29.1. The molecule has 61 heavy (non-hydrogen) atoms. The summed E-state index contributed by atoms with van der Waals surface area (Å²) in [6.07, 6.45) is 2.13. The number of allylic oxidation sites excluding steroid dienone is 2. The average molecular weight is 802 g/mol. The molecule has 0 N–H and O–H groups in total. The molecule has 1 aliphatic heterocycles. The molecule has 0 saturated heterocycles. The van der Waals surface area contributed by atoms with Crippen molar-refractivity contribution in [3.63, 3.8) is 0 Å². The highest BCUT2D eigenvalue weighted by Crippen LogP contribution is 2.46. The van der Waals surface area contributed by atoms with Crippen molar-refractivity contribution < 1.29 is 13.8 Å². The predicted molar refractivity (Wildman–Crippen MR) is 253 cm³/mol. The molecule has 0 saturated carbocycles. The van der Waals surface area contributed by atoms with Crippen LogP contribution in [0.2, 0.25) is 0 Å². The number of methoxy groups -OCH3 is 2. The molecule has 0 atom stereocenters. The van der Waals surface area contributed by atoms with Crippen LogP contribution in [0.25, 0.3) is 44.7 Å². The van der Waals surface area contributed by atoms with E-state index in [9.17, 15) is 0 Å². The maximum absolute atomic E-state index is 16.3. The first-order valence-corrected chi connectivity index (χ1v) is 20.8. The number of rotatable bonds is 10. The predicted octanol–water partition coefficient (Wildman–Crippen LogP) is 13.8. The Morgan fingerprint density at radius 1 is 0.541 bits per heavy atom. The van der Waals surface area contributed by atoms with Crippen LogP contribution in [0.1, 0.15) is 75.1 Å². The van der Waals surface area contributed by atoms with Gasteiger partial charge in [0.25, 0.3) is 0 Å². The molecule has 6 heteroatoms. The molecule has 2 heterocycles. The van der Waals surface area contributed by atoms with E-state index in [-0.39, 0.29) is 10.8 Å². The Morgan fingerprint density at radius 2 is 1.02 bits per heavy atom. The third kappa shape index (κ3) is 8.41. The van der Waals surface area contributed by atoms with Gasteiger partial charge in [-0.15, -0.1) is 0 Å². The molecule has 4 nitrogen and oxygen atoms in total. The molecule has 0 amide bonds. The normalized spacial score (nSPS) is 13.7. The van der Waals surface area contributed by atoms with E-state index >= 15 is 4.32 Å². The highest BCUT2D eigenvalue weighted by molar-refractivity contribution is 6.28. The standard InChI is InChI=1S/C55H51BFN2O2/c1-54(2,3)43-26-18-39(19-27-43)48-35-50(41-20-28-44(29-21-41)55(4,5)6)59(56-57)53(48)51(42-16-14-37(15-17-42)36-12-10-9-11-13-36)52-47(38-22-30-45(60-7)31-23-38)34-49(58-52)40-24-32-46(61-8)33-25-40/h9-35H,1-8H3/b52-51-. The van der Waals surface area contributed by atoms with Crippen molar-refractivity contribution >= 4 is 24.5 Å². The maximum Gasteiger partial charge on any atom is 0.495 e. The minimum atomic E-state index is -0.0396. The van der Waals surface area contributed by atoms with Crippen molar-refractivity contribution in [1.82, 2.24) is 4.48 Å². The molecule has 1 aliphatic rings. The van der Waals surface area contributed by atoms with Gasteiger partial charge in [0, 0.05) is 33.7 Å². The first-order valence-electron chi connectivity index (χ1n) is 20.8. The second-order valence-corrected chi connectivity index (χ2v) is 17.6. The molecule has 0 fully saturated rings. The van der Waals surface area contributed by atoms with Gasteiger partial charge in [-0.2, -0.15) is 0 Å². The third-order valence-corrected chi connectivity index (χ3v) is 11.6. The van der Waals surface area contributed by atoms with Crippen molar-refractivity contribution in [3.05, 3.63) is 203 Å². The number of nitrogens with zero attached hydrogens (tertiary/aromatic N) is 2. The zero-order valence-electron chi connectivity index (χ0n) is 36.3. The molecule has 1 aromatic heterocycles. The van der Waals surface area contributed by atoms with Gasteiger partial charge in [-0.1, -0.05) is 157 Å². The van der Waals surface area contributed by atoms with Gasteiger partial charge in [0.2, 0.25) is 0 Å². The summed E-state index contributed by atoms with van der Waals surface area (Å²) in [5.41, 5.74) is 14.8. The fraction of sp³-hybridized carbons (Fsp3) is 0.182. The summed E-state index contributed by atoms with van der Waals surface area (Å²) in [7, 11) is 4.04. The van der Waals surface area contributed by atoms with E-state index in [2.05, 4.69) is 151 Å². The molecule has 0 aliphatic carbocycles. The van der Waals surface area contributed by atoms with Gasteiger partial charge in [-0.3, -0.25) is 0 Å². The minimum absolute atomic E-state index is 0.0341. The van der Waals surface area contributed by atoms with Gasteiger partial charge < -0.3 is 18.3 Å². The van der Waals surface area contributed by atoms with E-state index in [1.54, 1.807) is 18.7 Å². The van der Waals surface area contributed by atoms with E-state index in [0.29, 0.717) is 13.4 Å². The van der Waals surface area contributed by atoms with E-state index < -0.39 is 0 Å². The lowest BCUT2D eigenvalue weighted by Gasteiger charge is -2.21. The van der Waals surface area contributed by atoms with Crippen LogP contribution >= 0.6 is 0 Å². The Kier molecular flexibility index (Phi) is 11.3. The van der Waals surface area contributed by atoms with Crippen molar-refractivity contribution in [2.75, 3.05) is 14.2 Å². The molecular weight excluding hydrogens is 750 g/mol. The molecule has 0 spiro atoms. The number of hydrogen-bond acceptors (Lipinski definition) is 3. The first kappa shape index (κ1) is 41.1. The monoisotopic (exact) mass is 801 g/mol. The van der Waals surface area contributed by atoms with Crippen LogP contribution in [0, 0.1) is 0 Å². The number of hydrogen-bond donors (Lipinski definition) is 0. The van der Waals surface area contributed by atoms with Crippen molar-refractivity contribution in [1.29, 1.82) is 0 Å². The highest BCUT2D eigenvalue weighted by Gasteiger charge is 2.30. The molecule has 6 aromatic carbocycles. The summed E-state index contributed by atoms with van der Waals surface area (Å²) >= 11 is 0. The number of halogens is 1. The van der Waals surface area contributed by atoms with Gasteiger partial charge in [-0.05, 0) is 104 Å². The van der Waals surface area contributed by atoms with Crippen LogP contribution in [0.5, 0.6) is 11.5 Å². The van der Waals surface area contributed by atoms with Crippen molar-refractivity contribution in [2.24, 2.45) is 4.99 Å². The van der Waals surface area contributed by atoms with Gasteiger partial charge in [0.15, 0.2) is 0 Å². The number of aromatic nitrogens is 1. The Balaban J connectivity index is 1.46. The molecule has 8 rings (SSSR count). The Morgan fingerprint density at radius 3 is 1.52 bits per heavy atom. The van der Waals surface area contributed by atoms with E-state index in [1.165, 1.54) is 11.1 Å². The van der Waals surface area contributed by atoms with Gasteiger partial charge >= 0.3 is 7.69 Å². The van der Waals surface area contributed by atoms with E-state index in [4.69, 9.17) is 14.5 Å². The summed E-state index contributed by atoms with van der Waals surface area (Å²) in [5, 5.41) is 0. The summed E-state index contributed by atoms with van der Waals surface area (Å²) in [6, 6.07) is 54.2. The summed E-state index contributed by atoms with van der Waals surface area (Å²) in [4.78, 5) is 5.51. The van der Waals surface area contributed by atoms with E-state index in [0.717, 1.165) is 84.3 Å². The first-order chi connectivity index (χ1) is 29.4. The Labute approximate surface area is 361 Å². The lowest BCUT2D eigenvalue weighted by molar-refractivity contribution is 0.414. The topological polar surface area (TPSA) is 35.8 Å². The molecular formula is C55H51BFN2O2. The lowest BCUT2D eigenvalue weighted by Crippen LogP contribution is -2.12. The van der Waals surface area contributed by atoms with Gasteiger partial charge in [0.05, 0.1) is 25.6 Å². The van der Waals surface area contributed by atoms with Crippen molar-refractivity contribution in [2.45, 2.75) is 52.4 Å². The van der Waals surface area contributed by atoms with Gasteiger partial charge in [0.1, 0.15) is 11.5 Å². The highest BCUT2D eigenvalue weighted by atomic mass is 19.1. The number of aliphatic imine (C=N–C) groups is 1. The second kappa shape index (κ2) is 16.8. The van der Waals surface area contributed by atoms with Crippen LogP contribution in [0.4, 0.5) is 4.32 Å². The fourth-order valence-corrected chi connectivity index (χ4v) is 7.97. The second-order valence-electron chi connectivity index (χ2n) is 17.6. The Bertz CT molecular complexity index is 2750. The van der Waals surface area contributed by atoms with Crippen molar-refractivity contribution in [3.8, 4) is 45.0 Å². The zero-order chi connectivity index (χ0) is 42.9. The zero-order valence-corrected chi connectivity index (χ0v) is 36.3. The number of ether oxygens (including phenoxy) is 2. The van der Waals surface area contributed by atoms with Crippen LogP contribution in [0.3, 0.4) is 0 Å². The fourth-order valence-electron chi connectivity index (χ4n) is 7.97. The van der Waals surface area contributed by atoms with Crippen LogP contribution in [-0.2, 0) is 10.8 Å². The average Bonchev–Trinajstić information content (AvgIpc) is 3.89. The van der Waals surface area contributed by atoms with Gasteiger partial charge in [-0.25, -0.2) is 4.99 Å². The lowest BCUT2D eigenvalue weighted by atomic mass is 9.85. The molecule has 0 unspecified atom stereocenters. The third-order valence-electron chi connectivity index (χ3n) is 11.6. The summed E-state index contributed by atoms with van der Waals surface area (Å²) in [5.74, 6) is 1.52. The molecule has 303 valence electrons. The largest absolute Gasteiger partial charge is 0.497 e. The van der Waals surface area contributed by atoms with Crippen LogP contribution < -0.4 is 9.47 Å². The Hall–Kier alpha value is -6.66. The molecule has 7 aromatic rings. The quantitative estimate of drug-likeness (QED) is 0.129. The SMILES string of the molecule is COc1ccc(C2=CC(c3ccc(OC)cc3)=N/C2=C(/c2ccc(-c3ccccc3)cc2)c2c(-c3ccc(C(C)(C)C)cc3)cc(-c3ccc(C(C)(C)C)cc3)n2[B]F)cc1. The molecule has 1 radical (unpaired) electrons. The maximum atomic E-state index is 16.3. The smallest absolute Gasteiger partial charge is 0.495 e. The minimum Gasteiger partial charge on any atom is -0.497 e. The van der Waals surface area contributed by atoms with Crippen LogP contribution in [0.15, 0.2) is 174 Å². The summed E-state index contributed by atoms with van der Waals surface area (Å²) in [6.45, 7) is 13.3. The molecule has 0 bridgehead atoms. The van der Waals surface area contributed by atoms with E-state index in [1.807, 2.05) is 54.6 Å².